The van der Waals surface area contributed by atoms with Gasteiger partial charge < -0.3 is 19.5 Å². The molecule has 6 nitrogen and oxygen atoms in total. The number of ether oxygens (including phenoxy) is 1. The van der Waals surface area contributed by atoms with E-state index in [9.17, 15) is 9.59 Å². The summed E-state index contributed by atoms with van der Waals surface area (Å²) in [6.45, 7) is 5.94. The molecule has 1 aliphatic rings. The number of aromatic amines is 1. The molecule has 0 radical (unpaired) electrons. The smallest absolute Gasteiger partial charge is 0.242 e. The van der Waals surface area contributed by atoms with Crippen LogP contribution < -0.4 is 4.74 Å². The lowest BCUT2D eigenvalue weighted by molar-refractivity contribution is -0.141. The molecule has 0 atom stereocenters. The second-order valence-electron chi connectivity index (χ2n) is 9.36. The Morgan fingerprint density at radius 2 is 1.80 bits per heavy atom. The van der Waals surface area contributed by atoms with Crippen LogP contribution in [0.25, 0.3) is 10.9 Å². The molecule has 4 rings (SSSR count). The monoisotopic (exact) mass is 475 g/mol. The molecule has 186 valence electrons. The molecular weight excluding hydrogens is 438 g/mol. The maximum atomic E-state index is 13.6. The average Bonchev–Trinajstić information content (AvgIpc) is 3.64. The highest BCUT2D eigenvalue weighted by atomic mass is 16.5. The highest BCUT2D eigenvalue weighted by Gasteiger charge is 2.34. The number of aromatic nitrogens is 1. The SMILES string of the molecule is CCCCC(=O)N(CC(=O)N(CCc1c[nH]c2ccccc12)Cc1ccc(OCC)cc1)C1CC1. The molecular formula is C29H37N3O3. The van der Waals surface area contributed by atoms with E-state index in [0.29, 0.717) is 26.1 Å². The Kier molecular flexibility index (Phi) is 8.45. The zero-order chi connectivity index (χ0) is 24.6. The molecule has 1 aromatic heterocycles. The number of rotatable bonds is 13. The zero-order valence-electron chi connectivity index (χ0n) is 21.0. The van der Waals surface area contributed by atoms with Crippen molar-refractivity contribution in [2.75, 3.05) is 19.7 Å². The van der Waals surface area contributed by atoms with Gasteiger partial charge in [-0.05, 0) is 61.9 Å². The van der Waals surface area contributed by atoms with Crippen molar-refractivity contribution in [1.29, 1.82) is 0 Å². The van der Waals surface area contributed by atoms with Gasteiger partial charge >= 0.3 is 0 Å². The standard InChI is InChI=1S/C29H37N3O3/c1-3-5-10-28(33)32(24-13-14-24)21-29(34)31(20-22-11-15-25(16-12-22)35-4-2)18-17-23-19-30-27-9-7-6-8-26(23)27/h6-9,11-12,15-16,19,24,30H,3-5,10,13-14,17-18,20-21H2,1-2H3. The molecule has 0 saturated heterocycles. The minimum Gasteiger partial charge on any atom is -0.494 e. The molecule has 6 heteroatoms. The number of unbranched alkanes of at least 4 members (excludes halogenated alkanes) is 1. The average molecular weight is 476 g/mol. The lowest BCUT2D eigenvalue weighted by atomic mass is 10.1. The molecule has 1 fully saturated rings. The van der Waals surface area contributed by atoms with Gasteiger partial charge in [0.15, 0.2) is 0 Å². The van der Waals surface area contributed by atoms with Crippen LogP contribution >= 0.6 is 0 Å². The first-order chi connectivity index (χ1) is 17.1. The lowest BCUT2D eigenvalue weighted by Crippen LogP contribution is -2.44. The summed E-state index contributed by atoms with van der Waals surface area (Å²) < 4.78 is 5.57. The predicted molar refractivity (Wildman–Crippen MR) is 139 cm³/mol. The fraction of sp³-hybridized carbons (Fsp3) is 0.448. The van der Waals surface area contributed by atoms with Crippen molar-refractivity contribution in [2.24, 2.45) is 0 Å². The number of fused-ring (bicyclic) bond motifs is 1. The van der Waals surface area contributed by atoms with Crippen molar-refractivity contribution < 1.29 is 14.3 Å². The fourth-order valence-electron chi connectivity index (χ4n) is 4.49. The molecule has 0 spiro atoms. The molecule has 1 N–H and O–H groups in total. The van der Waals surface area contributed by atoms with Crippen LogP contribution in [0.2, 0.25) is 0 Å². The summed E-state index contributed by atoms with van der Waals surface area (Å²) in [5.74, 6) is 0.949. The fourth-order valence-corrected chi connectivity index (χ4v) is 4.49. The van der Waals surface area contributed by atoms with Gasteiger partial charge in [-0.3, -0.25) is 9.59 Å². The molecule has 1 aliphatic carbocycles. The van der Waals surface area contributed by atoms with Crippen molar-refractivity contribution in [1.82, 2.24) is 14.8 Å². The van der Waals surface area contributed by atoms with Crippen LogP contribution in [0.3, 0.4) is 0 Å². The first-order valence-electron chi connectivity index (χ1n) is 12.9. The number of nitrogens with zero attached hydrogens (tertiary/aromatic N) is 2. The summed E-state index contributed by atoms with van der Waals surface area (Å²) in [6.07, 6.45) is 7.15. The maximum Gasteiger partial charge on any atom is 0.242 e. The number of hydrogen-bond donors (Lipinski definition) is 1. The number of nitrogens with one attached hydrogen (secondary N) is 1. The second kappa shape index (κ2) is 11.9. The van der Waals surface area contributed by atoms with Gasteiger partial charge in [-0.1, -0.05) is 43.7 Å². The number of para-hydroxylation sites is 1. The van der Waals surface area contributed by atoms with Gasteiger partial charge in [0.1, 0.15) is 12.3 Å². The molecule has 3 aromatic rings. The molecule has 1 heterocycles. The molecule has 35 heavy (non-hydrogen) atoms. The van der Waals surface area contributed by atoms with E-state index in [4.69, 9.17) is 4.74 Å². The van der Waals surface area contributed by atoms with Crippen LogP contribution in [0.1, 0.15) is 57.1 Å². The third-order valence-corrected chi connectivity index (χ3v) is 6.64. The lowest BCUT2D eigenvalue weighted by Gasteiger charge is -2.28. The van der Waals surface area contributed by atoms with Crippen molar-refractivity contribution in [3.8, 4) is 5.75 Å². The number of carbonyl (C=O) groups is 2. The van der Waals surface area contributed by atoms with Crippen LogP contribution in [-0.4, -0.2) is 52.3 Å². The Balaban J connectivity index is 1.48. The van der Waals surface area contributed by atoms with Gasteiger partial charge in [0, 0.05) is 42.7 Å². The van der Waals surface area contributed by atoms with E-state index < -0.39 is 0 Å². The first kappa shape index (κ1) is 24.8. The molecule has 1 saturated carbocycles. The number of H-pyrrole nitrogens is 1. The summed E-state index contributed by atoms with van der Waals surface area (Å²) in [4.78, 5) is 33.4. The summed E-state index contributed by atoms with van der Waals surface area (Å²) in [7, 11) is 0. The molecule has 2 aromatic carbocycles. The van der Waals surface area contributed by atoms with Crippen molar-refractivity contribution in [3.05, 3.63) is 65.9 Å². The van der Waals surface area contributed by atoms with E-state index in [0.717, 1.165) is 48.9 Å². The van der Waals surface area contributed by atoms with Crippen LogP contribution in [0, 0.1) is 0 Å². The Bertz CT molecular complexity index is 1120. The topological polar surface area (TPSA) is 65.6 Å². The van der Waals surface area contributed by atoms with Crippen LogP contribution in [-0.2, 0) is 22.6 Å². The van der Waals surface area contributed by atoms with E-state index in [1.807, 2.05) is 59.3 Å². The first-order valence-corrected chi connectivity index (χ1v) is 12.9. The third kappa shape index (κ3) is 6.65. The summed E-state index contributed by atoms with van der Waals surface area (Å²) in [5, 5.41) is 1.19. The maximum absolute atomic E-state index is 13.6. The molecule has 0 unspecified atom stereocenters. The second-order valence-corrected chi connectivity index (χ2v) is 9.36. The minimum absolute atomic E-state index is 0.00970. The van der Waals surface area contributed by atoms with E-state index in [-0.39, 0.29) is 24.4 Å². The van der Waals surface area contributed by atoms with Crippen molar-refractivity contribution in [2.45, 2.75) is 65.0 Å². The van der Waals surface area contributed by atoms with E-state index in [1.165, 1.54) is 10.9 Å². The summed E-state index contributed by atoms with van der Waals surface area (Å²) in [6, 6.07) is 16.4. The third-order valence-electron chi connectivity index (χ3n) is 6.64. The van der Waals surface area contributed by atoms with E-state index in [1.54, 1.807) is 0 Å². The van der Waals surface area contributed by atoms with Crippen LogP contribution in [0.5, 0.6) is 5.75 Å². The molecule has 0 aliphatic heterocycles. The van der Waals surface area contributed by atoms with E-state index >= 15 is 0 Å². The highest BCUT2D eigenvalue weighted by Crippen LogP contribution is 2.28. The highest BCUT2D eigenvalue weighted by molar-refractivity contribution is 5.86. The molecule has 2 amide bonds. The Morgan fingerprint density at radius 1 is 1.03 bits per heavy atom. The number of benzene rings is 2. The van der Waals surface area contributed by atoms with Gasteiger partial charge in [-0.2, -0.15) is 0 Å². The number of amides is 2. The normalized spacial score (nSPS) is 13.1. The number of carbonyl (C=O) groups excluding carboxylic acids is 2. The van der Waals surface area contributed by atoms with Crippen LogP contribution in [0.15, 0.2) is 54.7 Å². The minimum atomic E-state index is 0.00970. The quantitative estimate of drug-likeness (QED) is 0.364. The van der Waals surface area contributed by atoms with E-state index in [2.05, 4.69) is 24.0 Å². The Morgan fingerprint density at radius 3 is 2.51 bits per heavy atom. The van der Waals surface area contributed by atoms with Gasteiger partial charge in [-0.25, -0.2) is 0 Å². The van der Waals surface area contributed by atoms with Crippen molar-refractivity contribution >= 4 is 22.7 Å². The van der Waals surface area contributed by atoms with Gasteiger partial charge in [-0.15, -0.1) is 0 Å². The predicted octanol–water partition coefficient (Wildman–Crippen LogP) is 5.32. The van der Waals surface area contributed by atoms with Crippen LogP contribution in [0.4, 0.5) is 0 Å². The van der Waals surface area contributed by atoms with Gasteiger partial charge in [0.2, 0.25) is 11.8 Å². The van der Waals surface area contributed by atoms with Gasteiger partial charge in [0.25, 0.3) is 0 Å². The Labute approximate surface area is 208 Å². The molecule has 0 bridgehead atoms. The summed E-state index contributed by atoms with van der Waals surface area (Å²) in [5.41, 5.74) is 3.35. The Hall–Kier alpha value is -3.28. The van der Waals surface area contributed by atoms with Gasteiger partial charge in [0.05, 0.1) is 6.61 Å². The largest absolute Gasteiger partial charge is 0.494 e. The zero-order valence-corrected chi connectivity index (χ0v) is 21.0. The number of hydrogen-bond acceptors (Lipinski definition) is 3. The van der Waals surface area contributed by atoms with Crippen molar-refractivity contribution in [3.63, 3.8) is 0 Å². The summed E-state index contributed by atoms with van der Waals surface area (Å²) >= 11 is 0.